The van der Waals surface area contributed by atoms with E-state index >= 15 is 0 Å². The van der Waals surface area contributed by atoms with Crippen LogP contribution in [0.2, 0.25) is 0 Å². The molecule has 3 N–H and O–H groups in total. The Morgan fingerprint density at radius 1 is 1.56 bits per heavy atom. The van der Waals surface area contributed by atoms with Crippen molar-refractivity contribution in [1.82, 2.24) is 0 Å². The van der Waals surface area contributed by atoms with E-state index in [0.717, 1.165) is 23.3 Å². The van der Waals surface area contributed by atoms with Crippen LogP contribution in [0.1, 0.15) is 33.9 Å². The van der Waals surface area contributed by atoms with Crippen LogP contribution >= 0.6 is 12.4 Å². The number of carbonyl (C=O) groups is 1. The van der Waals surface area contributed by atoms with E-state index in [-0.39, 0.29) is 24.0 Å². The van der Waals surface area contributed by atoms with E-state index in [1.165, 1.54) is 0 Å². The van der Waals surface area contributed by atoms with Gasteiger partial charge in [-0.1, -0.05) is 0 Å². The van der Waals surface area contributed by atoms with Gasteiger partial charge in [-0.25, -0.2) is 4.79 Å². The zero-order valence-electron chi connectivity index (χ0n) is 8.90. The molecule has 4 nitrogen and oxygen atoms in total. The van der Waals surface area contributed by atoms with E-state index in [9.17, 15) is 4.79 Å². The maximum absolute atomic E-state index is 10.9. The molecule has 0 saturated carbocycles. The highest BCUT2D eigenvalue weighted by atomic mass is 35.5. The molecule has 0 bridgehead atoms. The second-order valence-corrected chi connectivity index (χ2v) is 3.76. The summed E-state index contributed by atoms with van der Waals surface area (Å²) in [4.78, 5) is 10.9. The van der Waals surface area contributed by atoms with Crippen LogP contribution in [0.5, 0.6) is 5.75 Å². The summed E-state index contributed by atoms with van der Waals surface area (Å²) >= 11 is 0. The first-order valence-corrected chi connectivity index (χ1v) is 4.86. The van der Waals surface area contributed by atoms with Crippen LogP contribution in [-0.4, -0.2) is 17.7 Å². The fourth-order valence-electron chi connectivity index (χ4n) is 1.84. The summed E-state index contributed by atoms with van der Waals surface area (Å²) in [7, 11) is 0. The normalized spacial score (nSPS) is 18.0. The largest absolute Gasteiger partial charge is 0.493 e. The van der Waals surface area contributed by atoms with E-state index in [1.807, 2.05) is 6.92 Å². The molecular weight excluding hydrogens is 230 g/mol. The molecule has 0 amide bonds. The van der Waals surface area contributed by atoms with Gasteiger partial charge in [0.1, 0.15) is 5.75 Å². The van der Waals surface area contributed by atoms with Crippen LogP contribution in [0.25, 0.3) is 0 Å². The molecule has 1 aliphatic rings. The van der Waals surface area contributed by atoms with E-state index in [0.29, 0.717) is 6.61 Å². The highest BCUT2D eigenvalue weighted by Gasteiger charge is 2.21. The summed E-state index contributed by atoms with van der Waals surface area (Å²) in [5.41, 5.74) is 7.82. The quantitative estimate of drug-likeness (QED) is 0.790. The Kier molecular flexibility index (Phi) is 3.78. The predicted molar refractivity (Wildman–Crippen MR) is 62.4 cm³/mol. The fourth-order valence-corrected chi connectivity index (χ4v) is 1.84. The van der Waals surface area contributed by atoms with Crippen LogP contribution in [0, 0.1) is 6.92 Å². The predicted octanol–water partition coefficient (Wildman–Crippen LogP) is 1.90. The number of carboxylic acids is 1. The number of nitrogens with two attached hydrogens (primary N) is 1. The Labute approximate surface area is 99.8 Å². The average molecular weight is 244 g/mol. The number of fused-ring (bicyclic) bond motifs is 1. The van der Waals surface area contributed by atoms with Gasteiger partial charge in [0.15, 0.2) is 0 Å². The lowest BCUT2D eigenvalue weighted by atomic mass is 9.96. The van der Waals surface area contributed by atoms with Gasteiger partial charge >= 0.3 is 5.97 Å². The maximum Gasteiger partial charge on any atom is 0.335 e. The molecule has 88 valence electrons. The minimum absolute atomic E-state index is 0. The maximum atomic E-state index is 10.9. The van der Waals surface area contributed by atoms with Crippen LogP contribution in [-0.2, 0) is 0 Å². The molecular formula is C11H14ClNO3. The first kappa shape index (κ1) is 12.8. The van der Waals surface area contributed by atoms with Gasteiger partial charge in [0, 0.05) is 18.0 Å². The van der Waals surface area contributed by atoms with Crippen molar-refractivity contribution in [3.63, 3.8) is 0 Å². The molecule has 0 aromatic heterocycles. The number of aromatic carboxylic acids is 1. The standard InChI is InChI=1S/C11H13NO3.ClH/c1-6-4-7(11(13)14)5-8-9(12)2-3-15-10(6)8;/h4-5,9H,2-3,12H2,1H3,(H,13,14);1H/t9-;/m1./s1. The minimum Gasteiger partial charge on any atom is -0.493 e. The molecule has 2 rings (SSSR count). The van der Waals surface area contributed by atoms with Crippen molar-refractivity contribution in [2.45, 2.75) is 19.4 Å². The van der Waals surface area contributed by atoms with Crippen molar-refractivity contribution in [3.8, 4) is 5.75 Å². The molecule has 0 unspecified atom stereocenters. The molecule has 1 heterocycles. The van der Waals surface area contributed by atoms with Crippen molar-refractivity contribution < 1.29 is 14.6 Å². The van der Waals surface area contributed by atoms with Gasteiger partial charge in [0.05, 0.1) is 12.2 Å². The molecule has 1 atom stereocenters. The summed E-state index contributed by atoms with van der Waals surface area (Å²) < 4.78 is 5.49. The number of hydrogen-bond donors (Lipinski definition) is 2. The minimum atomic E-state index is -0.932. The second kappa shape index (κ2) is 4.72. The smallest absolute Gasteiger partial charge is 0.335 e. The van der Waals surface area contributed by atoms with Crippen LogP contribution in [0.4, 0.5) is 0 Å². The lowest BCUT2D eigenvalue weighted by Gasteiger charge is -2.24. The molecule has 1 aliphatic heterocycles. The van der Waals surface area contributed by atoms with Crippen molar-refractivity contribution in [2.24, 2.45) is 5.73 Å². The number of benzene rings is 1. The third kappa shape index (κ3) is 2.13. The number of carboxylic acid groups (broad SMARTS) is 1. The van der Waals surface area contributed by atoms with Crippen molar-refractivity contribution in [1.29, 1.82) is 0 Å². The molecule has 1 aromatic rings. The van der Waals surface area contributed by atoms with Crippen molar-refractivity contribution >= 4 is 18.4 Å². The summed E-state index contributed by atoms with van der Waals surface area (Å²) in [6, 6.07) is 3.10. The van der Waals surface area contributed by atoms with Crippen molar-refractivity contribution in [2.75, 3.05) is 6.61 Å². The highest BCUT2D eigenvalue weighted by molar-refractivity contribution is 5.88. The Morgan fingerprint density at radius 3 is 2.88 bits per heavy atom. The summed E-state index contributed by atoms with van der Waals surface area (Å²) in [5.74, 6) is -0.183. The van der Waals surface area contributed by atoms with E-state index < -0.39 is 5.97 Å². The van der Waals surface area contributed by atoms with Crippen LogP contribution < -0.4 is 10.5 Å². The fraction of sp³-hybridized carbons (Fsp3) is 0.364. The molecule has 0 radical (unpaired) electrons. The van der Waals surface area contributed by atoms with E-state index in [2.05, 4.69) is 0 Å². The van der Waals surface area contributed by atoms with Gasteiger partial charge in [-0.05, 0) is 24.6 Å². The first-order chi connectivity index (χ1) is 7.09. The van der Waals surface area contributed by atoms with Gasteiger partial charge in [0.2, 0.25) is 0 Å². The lowest BCUT2D eigenvalue weighted by molar-refractivity contribution is 0.0696. The average Bonchev–Trinajstić information content (AvgIpc) is 2.19. The van der Waals surface area contributed by atoms with Gasteiger partial charge in [-0.15, -0.1) is 12.4 Å². The molecule has 0 aliphatic carbocycles. The number of hydrogen-bond acceptors (Lipinski definition) is 3. The third-order valence-corrected chi connectivity index (χ3v) is 2.63. The second-order valence-electron chi connectivity index (χ2n) is 3.76. The van der Waals surface area contributed by atoms with Crippen LogP contribution in [0.15, 0.2) is 12.1 Å². The number of aryl methyl sites for hydroxylation is 1. The molecule has 0 fully saturated rings. The molecule has 0 saturated heterocycles. The Bertz CT molecular complexity index is 420. The SMILES string of the molecule is Cc1cc(C(=O)O)cc2c1OCC[C@H]2N.Cl. The lowest BCUT2D eigenvalue weighted by Crippen LogP contribution is -2.21. The van der Waals surface area contributed by atoms with E-state index in [1.54, 1.807) is 12.1 Å². The Balaban J connectivity index is 0.00000128. The zero-order valence-corrected chi connectivity index (χ0v) is 9.71. The first-order valence-electron chi connectivity index (χ1n) is 4.86. The monoisotopic (exact) mass is 243 g/mol. The van der Waals surface area contributed by atoms with Gasteiger partial charge in [-0.3, -0.25) is 0 Å². The van der Waals surface area contributed by atoms with Crippen molar-refractivity contribution in [3.05, 3.63) is 28.8 Å². The van der Waals surface area contributed by atoms with Gasteiger partial charge in [-0.2, -0.15) is 0 Å². The Hall–Kier alpha value is -1.26. The molecule has 16 heavy (non-hydrogen) atoms. The Morgan fingerprint density at radius 2 is 2.25 bits per heavy atom. The number of halogens is 1. The van der Waals surface area contributed by atoms with Gasteiger partial charge in [0.25, 0.3) is 0 Å². The topological polar surface area (TPSA) is 72.5 Å². The third-order valence-electron chi connectivity index (χ3n) is 2.63. The van der Waals surface area contributed by atoms with E-state index in [4.69, 9.17) is 15.6 Å². The highest BCUT2D eigenvalue weighted by Crippen LogP contribution is 2.34. The molecule has 0 spiro atoms. The summed E-state index contributed by atoms with van der Waals surface area (Å²) in [5, 5.41) is 8.92. The zero-order chi connectivity index (χ0) is 11.0. The summed E-state index contributed by atoms with van der Waals surface area (Å²) in [6.45, 7) is 2.44. The molecule has 1 aromatic carbocycles. The number of rotatable bonds is 1. The van der Waals surface area contributed by atoms with Gasteiger partial charge < -0.3 is 15.6 Å². The van der Waals surface area contributed by atoms with Crippen LogP contribution in [0.3, 0.4) is 0 Å². The number of ether oxygens (including phenoxy) is 1. The summed E-state index contributed by atoms with van der Waals surface area (Å²) in [6.07, 6.45) is 0.732. The molecule has 5 heteroatoms.